The first-order chi connectivity index (χ1) is 8.86. The molecule has 3 rings (SSSR count). The molecule has 0 amide bonds. The predicted octanol–water partition coefficient (Wildman–Crippen LogP) is 3.44. The van der Waals surface area contributed by atoms with E-state index in [4.69, 9.17) is 4.98 Å². The van der Waals surface area contributed by atoms with Crippen molar-refractivity contribution in [3.8, 4) is 0 Å². The molecule has 1 fully saturated rings. The lowest BCUT2D eigenvalue weighted by Crippen LogP contribution is -2.06. The van der Waals surface area contributed by atoms with E-state index in [1.54, 1.807) is 0 Å². The van der Waals surface area contributed by atoms with Crippen molar-refractivity contribution >= 4 is 29.3 Å². The molecule has 0 unspecified atom stereocenters. The highest BCUT2D eigenvalue weighted by molar-refractivity contribution is 7.99. The van der Waals surface area contributed by atoms with Crippen LogP contribution in [-0.2, 0) is 17.3 Å². The van der Waals surface area contributed by atoms with E-state index in [0.717, 1.165) is 34.2 Å². The summed E-state index contributed by atoms with van der Waals surface area (Å²) < 4.78 is 0. The van der Waals surface area contributed by atoms with Gasteiger partial charge in [0.2, 0.25) is 0 Å². The molecule has 2 aliphatic rings. The van der Waals surface area contributed by atoms with Gasteiger partial charge in [-0.2, -0.15) is 23.5 Å². The summed E-state index contributed by atoms with van der Waals surface area (Å²) in [6.07, 6.45) is 5.57. The minimum atomic E-state index is 0.842. The van der Waals surface area contributed by atoms with E-state index >= 15 is 0 Å². The highest BCUT2D eigenvalue weighted by Gasteiger charge is 2.20. The Labute approximate surface area is 117 Å². The fourth-order valence-corrected chi connectivity index (χ4v) is 4.84. The van der Waals surface area contributed by atoms with Crippen molar-refractivity contribution in [1.29, 1.82) is 0 Å². The predicted molar refractivity (Wildman–Crippen MR) is 80.1 cm³/mol. The summed E-state index contributed by atoms with van der Waals surface area (Å²) in [5, 5.41) is 4.06. The molecule has 98 valence electrons. The lowest BCUT2D eigenvalue weighted by Gasteiger charge is -2.11. The van der Waals surface area contributed by atoms with Gasteiger partial charge in [0.15, 0.2) is 0 Å². The fourth-order valence-electron chi connectivity index (χ4n) is 2.62. The maximum Gasteiger partial charge on any atom is 0.140 e. The molecule has 1 saturated carbocycles. The number of nitrogens with one attached hydrogen (secondary N) is 1. The van der Waals surface area contributed by atoms with E-state index in [1.165, 1.54) is 36.9 Å². The Hall–Kier alpha value is -0.420. The van der Waals surface area contributed by atoms with Crippen LogP contribution in [0, 0.1) is 0 Å². The molecule has 0 saturated heterocycles. The van der Waals surface area contributed by atoms with Crippen LogP contribution in [-0.4, -0.2) is 22.3 Å². The normalized spacial score (nSPS) is 19.2. The Bertz CT molecular complexity index is 430. The van der Waals surface area contributed by atoms with Crippen LogP contribution in [0.25, 0.3) is 0 Å². The Morgan fingerprint density at radius 3 is 2.89 bits per heavy atom. The third kappa shape index (κ3) is 2.62. The summed E-state index contributed by atoms with van der Waals surface area (Å²) in [5.74, 6) is 5.14. The van der Waals surface area contributed by atoms with E-state index in [2.05, 4.69) is 10.3 Å². The Morgan fingerprint density at radius 1 is 1.28 bits per heavy atom. The molecule has 0 spiro atoms. The molecule has 1 aliphatic carbocycles. The summed E-state index contributed by atoms with van der Waals surface area (Å²) in [7, 11) is 1.96. The molecule has 0 atom stereocenters. The summed E-state index contributed by atoms with van der Waals surface area (Å²) in [6, 6.07) is 0. The van der Waals surface area contributed by atoms with Gasteiger partial charge in [-0.1, -0.05) is 12.8 Å². The van der Waals surface area contributed by atoms with Crippen LogP contribution in [0.2, 0.25) is 0 Å². The monoisotopic (exact) mass is 281 g/mol. The van der Waals surface area contributed by atoms with Crippen molar-refractivity contribution < 1.29 is 0 Å². The molecule has 3 nitrogen and oxygen atoms in total. The van der Waals surface area contributed by atoms with Crippen LogP contribution in [0.3, 0.4) is 0 Å². The third-order valence-corrected chi connectivity index (χ3v) is 5.95. The van der Waals surface area contributed by atoms with Crippen molar-refractivity contribution in [1.82, 2.24) is 9.97 Å². The van der Waals surface area contributed by atoms with Crippen LogP contribution in [0.15, 0.2) is 0 Å². The lowest BCUT2D eigenvalue weighted by molar-refractivity contribution is 0.886. The fraction of sp³-hybridized carbons (Fsp3) is 0.692. The second-order valence-corrected chi connectivity index (χ2v) is 7.15. The molecule has 5 heteroatoms. The number of anilines is 1. The first-order valence-electron chi connectivity index (χ1n) is 6.62. The van der Waals surface area contributed by atoms with Crippen molar-refractivity contribution in [2.24, 2.45) is 0 Å². The van der Waals surface area contributed by atoms with Crippen LogP contribution in [0.5, 0.6) is 0 Å². The van der Waals surface area contributed by atoms with Gasteiger partial charge in [0.25, 0.3) is 0 Å². The van der Waals surface area contributed by atoms with Gasteiger partial charge in [0.05, 0.1) is 11.4 Å². The van der Waals surface area contributed by atoms with Crippen LogP contribution in [0.1, 0.15) is 42.8 Å². The maximum absolute atomic E-state index is 4.73. The molecule has 0 radical (unpaired) electrons. The Balaban J connectivity index is 1.71. The van der Waals surface area contributed by atoms with Gasteiger partial charge in [0, 0.05) is 29.4 Å². The van der Waals surface area contributed by atoms with E-state index in [0.29, 0.717) is 0 Å². The Kier molecular flexibility index (Phi) is 3.99. The number of fused-ring (bicyclic) bond motifs is 1. The molecule has 1 aromatic heterocycles. The van der Waals surface area contributed by atoms with Gasteiger partial charge in [-0.05, 0) is 12.8 Å². The minimum Gasteiger partial charge on any atom is -0.373 e. The molecular weight excluding hydrogens is 262 g/mol. The molecule has 1 aromatic rings. The van der Waals surface area contributed by atoms with Gasteiger partial charge < -0.3 is 5.32 Å². The first-order valence-corrected chi connectivity index (χ1v) is 8.83. The van der Waals surface area contributed by atoms with Gasteiger partial charge in [-0.15, -0.1) is 0 Å². The number of hydrogen-bond acceptors (Lipinski definition) is 5. The highest BCUT2D eigenvalue weighted by Crippen LogP contribution is 2.34. The molecule has 0 aromatic carbocycles. The van der Waals surface area contributed by atoms with E-state index in [1.807, 2.05) is 30.6 Å². The van der Waals surface area contributed by atoms with Crippen molar-refractivity contribution in [3.05, 3.63) is 17.1 Å². The maximum atomic E-state index is 4.73. The van der Waals surface area contributed by atoms with Gasteiger partial charge in [-0.25, -0.2) is 9.97 Å². The topological polar surface area (TPSA) is 37.8 Å². The first kappa shape index (κ1) is 12.6. The average molecular weight is 281 g/mol. The summed E-state index contributed by atoms with van der Waals surface area (Å²) in [4.78, 5) is 9.40. The molecular formula is C13H19N3S2. The highest BCUT2D eigenvalue weighted by atomic mass is 32.2. The second-order valence-electron chi connectivity index (χ2n) is 4.87. The second kappa shape index (κ2) is 5.70. The number of aromatic nitrogens is 2. The third-order valence-electron chi connectivity index (χ3n) is 3.61. The van der Waals surface area contributed by atoms with Gasteiger partial charge in [0.1, 0.15) is 11.6 Å². The largest absolute Gasteiger partial charge is 0.373 e. The zero-order valence-corrected chi connectivity index (χ0v) is 12.4. The van der Waals surface area contributed by atoms with Crippen molar-refractivity contribution in [2.75, 3.05) is 12.4 Å². The van der Waals surface area contributed by atoms with Gasteiger partial charge >= 0.3 is 0 Å². The Morgan fingerprint density at radius 2 is 2.11 bits per heavy atom. The molecule has 1 aliphatic heterocycles. The molecule has 2 heterocycles. The SMILES string of the molecule is CNc1nc(CSC2CCCC2)nc2c1CSC2. The summed E-state index contributed by atoms with van der Waals surface area (Å²) in [6.45, 7) is 0. The molecule has 0 bridgehead atoms. The number of rotatable bonds is 4. The van der Waals surface area contributed by atoms with Crippen LogP contribution >= 0.6 is 23.5 Å². The van der Waals surface area contributed by atoms with E-state index in [9.17, 15) is 0 Å². The standard InChI is InChI=1S/C13H19N3S2/c1-14-13-10-6-17-7-11(10)15-12(16-13)8-18-9-4-2-3-5-9/h9H,2-8H2,1H3,(H,14,15,16). The number of hydrogen-bond donors (Lipinski definition) is 1. The smallest absolute Gasteiger partial charge is 0.140 e. The van der Waals surface area contributed by atoms with Crippen molar-refractivity contribution in [2.45, 2.75) is 48.2 Å². The molecule has 18 heavy (non-hydrogen) atoms. The zero-order valence-electron chi connectivity index (χ0n) is 10.7. The average Bonchev–Trinajstić information content (AvgIpc) is 3.06. The number of thioether (sulfide) groups is 2. The van der Waals surface area contributed by atoms with Crippen LogP contribution in [0.4, 0.5) is 5.82 Å². The van der Waals surface area contributed by atoms with Gasteiger partial charge in [-0.3, -0.25) is 0 Å². The minimum absolute atomic E-state index is 0.842. The van der Waals surface area contributed by atoms with Crippen molar-refractivity contribution in [3.63, 3.8) is 0 Å². The van der Waals surface area contributed by atoms with E-state index in [-0.39, 0.29) is 0 Å². The number of nitrogens with zero attached hydrogens (tertiary/aromatic N) is 2. The van der Waals surface area contributed by atoms with E-state index < -0.39 is 0 Å². The summed E-state index contributed by atoms with van der Waals surface area (Å²) >= 11 is 3.98. The zero-order chi connectivity index (χ0) is 12.4. The lowest BCUT2D eigenvalue weighted by atomic mass is 10.2. The summed E-state index contributed by atoms with van der Waals surface area (Å²) in [5.41, 5.74) is 2.57. The van der Waals surface area contributed by atoms with Crippen LogP contribution < -0.4 is 5.32 Å². The quantitative estimate of drug-likeness (QED) is 0.915. The molecule has 1 N–H and O–H groups in total.